The first-order valence-electron chi connectivity index (χ1n) is 36.0. The van der Waals surface area contributed by atoms with Gasteiger partial charge in [0.15, 0.2) is 6.10 Å². The molecule has 2 atom stereocenters. The monoisotopic (exact) mass is 1260 g/mol. The number of ether oxygens (including phenoxy) is 2. The average molecular weight is 1260 g/mol. The molecule has 0 radical (unpaired) electrons. The highest BCUT2D eigenvalue weighted by atomic mass is 31.2. The lowest BCUT2D eigenvalue weighted by molar-refractivity contribution is -0.870. The molecule has 0 saturated carbocycles. The number of nitrogens with zero attached hydrogens (tertiary/aromatic N) is 1. The van der Waals surface area contributed by atoms with Crippen LogP contribution in [0.2, 0.25) is 0 Å². The quantitative estimate of drug-likeness (QED) is 0.0195. The van der Waals surface area contributed by atoms with Crippen LogP contribution in [0.3, 0.4) is 0 Å². The highest BCUT2D eigenvalue weighted by Gasteiger charge is 2.22. The molecule has 9 nitrogen and oxygen atoms in total. The van der Waals surface area contributed by atoms with Crippen LogP contribution in [0.5, 0.6) is 0 Å². The topological polar surface area (TPSA) is 111 Å². The molecular weight excluding hydrogens is 1120 g/mol. The normalized spacial score (nSPS) is 14.0. The Balaban J connectivity index is 4.15. The van der Waals surface area contributed by atoms with Crippen LogP contribution in [0.15, 0.2) is 146 Å². The Bertz CT molecular complexity index is 2010. The zero-order valence-electron chi connectivity index (χ0n) is 57.8. The molecule has 0 amide bonds. The number of carbonyl (C=O) groups excluding carboxylic acids is 2. The van der Waals surface area contributed by atoms with Gasteiger partial charge in [0.2, 0.25) is 0 Å². The zero-order valence-corrected chi connectivity index (χ0v) is 58.7. The summed E-state index contributed by atoms with van der Waals surface area (Å²) < 4.78 is 34.3. The largest absolute Gasteiger partial charge is 0.756 e. The van der Waals surface area contributed by atoms with E-state index >= 15 is 0 Å². The van der Waals surface area contributed by atoms with Crippen molar-refractivity contribution in [2.24, 2.45) is 0 Å². The van der Waals surface area contributed by atoms with E-state index in [0.29, 0.717) is 17.4 Å². The number of quaternary nitrogens is 1. The fourth-order valence-corrected chi connectivity index (χ4v) is 10.4. The number of hydrogen-bond donors (Lipinski definition) is 0. The molecule has 0 aliphatic heterocycles. The molecule has 0 bridgehead atoms. The van der Waals surface area contributed by atoms with Gasteiger partial charge in [0.1, 0.15) is 19.8 Å². The molecule has 2 unspecified atom stereocenters. The first-order chi connectivity index (χ1) is 43.5. The van der Waals surface area contributed by atoms with Crippen LogP contribution < -0.4 is 4.89 Å². The van der Waals surface area contributed by atoms with E-state index in [1.807, 2.05) is 21.1 Å². The van der Waals surface area contributed by atoms with Crippen LogP contribution in [0.4, 0.5) is 0 Å². The number of hydrogen-bond acceptors (Lipinski definition) is 8. The predicted molar refractivity (Wildman–Crippen MR) is 383 cm³/mol. The third-order valence-electron chi connectivity index (χ3n) is 15.1. The van der Waals surface area contributed by atoms with E-state index < -0.39 is 26.5 Å². The number of phosphoric ester groups is 1. The van der Waals surface area contributed by atoms with Crippen LogP contribution in [0.25, 0.3) is 0 Å². The van der Waals surface area contributed by atoms with E-state index in [4.69, 9.17) is 18.5 Å². The van der Waals surface area contributed by atoms with E-state index in [9.17, 15) is 19.0 Å². The van der Waals surface area contributed by atoms with Gasteiger partial charge in [-0.25, -0.2) is 0 Å². The molecule has 0 heterocycles. The van der Waals surface area contributed by atoms with Crippen molar-refractivity contribution in [1.29, 1.82) is 0 Å². The summed E-state index contributed by atoms with van der Waals surface area (Å²) in [7, 11) is 1.14. The first kappa shape index (κ1) is 84.9. The number of esters is 2. The van der Waals surface area contributed by atoms with Gasteiger partial charge in [-0.3, -0.25) is 14.2 Å². The smallest absolute Gasteiger partial charge is 0.306 e. The van der Waals surface area contributed by atoms with Gasteiger partial charge >= 0.3 is 11.9 Å². The lowest BCUT2D eigenvalue weighted by Gasteiger charge is -2.28. The van der Waals surface area contributed by atoms with E-state index in [1.165, 1.54) is 135 Å². The van der Waals surface area contributed by atoms with Crippen molar-refractivity contribution in [3.63, 3.8) is 0 Å². The summed E-state index contributed by atoms with van der Waals surface area (Å²) in [5.41, 5.74) is 0. The van der Waals surface area contributed by atoms with Gasteiger partial charge in [0.05, 0.1) is 27.7 Å². The van der Waals surface area contributed by atoms with Gasteiger partial charge in [-0.2, -0.15) is 0 Å². The lowest BCUT2D eigenvalue weighted by atomic mass is 10.0. The Kier molecular flexibility index (Phi) is 65.1. The molecule has 0 aliphatic rings. The van der Waals surface area contributed by atoms with Crippen LogP contribution >= 0.6 is 7.82 Å². The average Bonchev–Trinajstić information content (AvgIpc) is 3.60. The Hall–Kier alpha value is -4.11. The maximum absolute atomic E-state index is 12.9. The Labute approximate surface area is 548 Å². The van der Waals surface area contributed by atoms with Gasteiger partial charge in [-0.05, 0) is 103 Å². The minimum Gasteiger partial charge on any atom is -0.756 e. The second kappa shape index (κ2) is 68.3. The van der Waals surface area contributed by atoms with Crippen LogP contribution in [0.1, 0.15) is 290 Å². The summed E-state index contributed by atoms with van der Waals surface area (Å²) in [5, 5.41) is 0. The van der Waals surface area contributed by atoms with Gasteiger partial charge in [0.25, 0.3) is 7.82 Å². The molecule has 0 aromatic rings. The summed E-state index contributed by atoms with van der Waals surface area (Å²) in [6.45, 7) is 4.11. The molecule has 0 N–H and O–H groups in total. The number of allylic oxidation sites excluding steroid dienone is 24. The highest BCUT2D eigenvalue weighted by Crippen LogP contribution is 2.38. The SMILES string of the molecule is CC/C=C\C/C=C\C/C=C\C/C=C\C/C=C\C/C=C\C/C=C\C/C=C\C/C=C\C/C=C\C/C=C\C/C=C\CCCCCCC(=O)OC(COC(=O)CCCCCCCCCCCCCCCCCCCCCCCCCC)COP(=O)([O-])OCC[N+](C)(C)C. The van der Waals surface area contributed by atoms with Crippen molar-refractivity contribution < 1.29 is 42.1 Å². The number of phosphoric acid groups is 1. The third-order valence-corrected chi connectivity index (χ3v) is 16.1. The third kappa shape index (κ3) is 72.8. The van der Waals surface area contributed by atoms with Gasteiger partial charge < -0.3 is 27.9 Å². The van der Waals surface area contributed by atoms with Crippen LogP contribution in [-0.2, 0) is 32.7 Å². The van der Waals surface area contributed by atoms with Gasteiger partial charge in [-0.1, -0.05) is 320 Å². The van der Waals surface area contributed by atoms with E-state index in [1.54, 1.807) is 0 Å². The Morgan fingerprint density at radius 2 is 0.640 bits per heavy atom. The van der Waals surface area contributed by atoms with Crippen molar-refractivity contribution in [1.82, 2.24) is 0 Å². The minimum atomic E-state index is -4.66. The maximum atomic E-state index is 12.9. The van der Waals surface area contributed by atoms with E-state index in [2.05, 4.69) is 160 Å². The number of carbonyl (C=O) groups is 2. The highest BCUT2D eigenvalue weighted by molar-refractivity contribution is 7.45. The fraction of sp³-hybridized carbons (Fsp3) is 0.671. The molecule has 0 rings (SSSR count). The van der Waals surface area contributed by atoms with Crippen LogP contribution in [0, 0.1) is 0 Å². The van der Waals surface area contributed by atoms with Gasteiger partial charge in [-0.15, -0.1) is 0 Å². The van der Waals surface area contributed by atoms with E-state index in [0.717, 1.165) is 122 Å². The van der Waals surface area contributed by atoms with Gasteiger partial charge in [0, 0.05) is 12.8 Å². The molecule has 508 valence electrons. The second-order valence-electron chi connectivity index (χ2n) is 24.9. The van der Waals surface area contributed by atoms with Crippen LogP contribution in [-0.4, -0.2) is 70.0 Å². The van der Waals surface area contributed by atoms with Crippen molar-refractivity contribution in [2.75, 3.05) is 47.5 Å². The summed E-state index contributed by atoms with van der Waals surface area (Å²) >= 11 is 0. The predicted octanol–water partition coefficient (Wildman–Crippen LogP) is 23.1. The fourth-order valence-electron chi connectivity index (χ4n) is 9.64. The first-order valence-corrected chi connectivity index (χ1v) is 37.5. The minimum absolute atomic E-state index is 0.0418. The van der Waals surface area contributed by atoms with Crippen molar-refractivity contribution in [3.05, 3.63) is 146 Å². The molecule has 0 aliphatic carbocycles. The van der Waals surface area contributed by atoms with E-state index in [-0.39, 0.29) is 32.0 Å². The number of likely N-dealkylation sites (N-methyl/N-ethyl adjacent to an activating group) is 1. The number of unbranched alkanes of at least 4 members (excludes halogenated alkanes) is 27. The summed E-state index contributed by atoms with van der Waals surface area (Å²) in [6, 6.07) is 0. The molecule has 89 heavy (non-hydrogen) atoms. The molecule has 0 spiro atoms. The zero-order chi connectivity index (χ0) is 64.8. The summed E-state index contributed by atoms with van der Waals surface area (Å²) in [5.74, 6) is -0.861. The van der Waals surface area contributed by atoms with Crippen molar-refractivity contribution in [2.45, 2.75) is 296 Å². The summed E-state index contributed by atoms with van der Waals surface area (Å²) in [4.78, 5) is 38.1. The maximum Gasteiger partial charge on any atom is 0.306 e. The van der Waals surface area contributed by atoms with Crippen molar-refractivity contribution >= 4 is 19.8 Å². The molecule has 0 aromatic heterocycles. The Morgan fingerprint density at radius 1 is 0.360 bits per heavy atom. The molecule has 10 heteroatoms. The lowest BCUT2D eigenvalue weighted by Crippen LogP contribution is -2.37. The standard InChI is InChI=1S/C79H134NO8P/c1-6-8-10-12-14-16-18-20-22-24-26-28-30-32-33-34-35-36-37-38-39-40-41-42-43-44-45-46-47-48-50-52-54-56-58-60-62-64-66-68-70-72-79(82)88-77(76-87-89(83,84)86-74-73-80(3,4)5)75-85-78(81)71-69-67-65-63-61-59-57-55-53-51-49-31-29-27-25-23-21-19-17-15-13-11-9-7-2/h8,10,14,16,20,22,26,28,32-33,35-36,38-39,41-42,44-45,47-48,52,54,58,60,77H,6-7,9,11-13,15,17-19,21,23-25,27,29-31,34,37,40,43,46,49-51,53,55-57,59,61-76H2,1-5H3/b10-8-,16-14-,22-20-,28-26-,33-32-,36-35-,39-38-,42-41-,45-44-,48-47-,54-52-,60-58-. The number of rotatable bonds is 65. The molecule has 0 saturated heterocycles. The van der Waals surface area contributed by atoms with Crippen molar-refractivity contribution in [3.8, 4) is 0 Å². The second-order valence-corrected chi connectivity index (χ2v) is 26.3. The molecule has 0 fully saturated rings. The summed E-state index contributed by atoms with van der Waals surface area (Å²) in [6.07, 6.45) is 101. The Morgan fingerprint density at radius 3 is 0.955 bits per heavy atom. The molecule has 0 aromatic carbocycles. The molecular formula is C79H134NO8P.